The molecule has 12 rings (SSSR count). The third-order valence-corrected chi connectivity index (χ3v) is 11.5. The van der Waals surface area contributed by atoms with Crippen molar-refractivity contribution < 1.29 is 9.15 Å². The van der Waals surface area contributed by atoms with Crippen molar-refractivity contribution in [2.45, 2.75) is 0 Å². The minimum absolute atomic E-state index is 0.436. The highest BCUT2D eigenvalue weighted by molar-refractivity contribution is 6.14. The number of fused-ring (bicyclic) bond motifs is 9. The molecule has 7 nitrogen and oxygen atoms in total. The first-order valence-corrected chi connectivity index (χ1v) is 19.4. The average molecular weight is 748 g/mol. The van der Waals surface area contributed by atoms with Crippen LogP contribution in [0.2, 0.25) is 0 Å². The molecule has 0 bridgehead atoms. The highest BCUT2D eigenvalue weighted by Gasteiger charge is 2.20. The SMILES string of the molecule is COc1cccc(-c2nnc(-c3cccc(-n4c5ccc(-n6c7ccccc7c7ccccc76)cc5c5cc(-n6c7ccccc7c7ccccc76)ccc54)c3)o2)c1. The van der Waals surface area contributed by atoms with Gasteiger partial charge in [0.2, 0.25) is 11.8 Å². The van der Waals surface area contributed by atoms with Crippen LogP contribution >= 0.6 is 0 Å². The van der Waals surface area contributed by atoms with Crippen molar-refractivity contribution in [3.8, 4) is 45.7 Å². The van der Waals surface area contributed by atoms with Crippen LogP contribution in [0.3, 0.4) is 0 Å². The van der Waals surface area contributed by atoms with Gasteiger partial charge >= 0.3 is 0 Å². The first kappa shape index (κ1) is 32.4. The molecule has 0 fully saturated rings. The van der Waals surface area contributed by atoms with Crippen molar-refractivity contribution in [1.29, 1.82) is 0 Å². The summed E-state index contributed by atoms with van der Waals surface area (Å²) in [5, 5.41) is 16.1. The predicted octanol–water partition coefficient (Wildman–Crippen LogP) is 12.7. The van der Waals surface area contributed by atoms with E-state index in [2.05, 4.69) is 176 Å². The van der Waals surface area contributed by atoms with E-state index in [4.69, 9.17) is 9.15 Å². The van der Waals surface area contributed by atoms with Gasteiger partial charge in [0.15, 0.2) is 0 Å². The van der Waals surface area contributed by atoms with Crippen molar-refractivity contribution in [3.05, 3.63) is 182 Å². The smallest absolute Gasteiger partial charge is 0.248 e. The molecule has 4 heterocycles. The lowest BCUT2D eigenvalue weighted by Crippen LogP contribution is -1.96. The monoisotopic (exact) mass is 747 g/mol. The topological polar surface area (TPSA) is 62.9 Å². The fourth-order valence-electron chi connectivity index (χ4n) is 8.95. The van der Waals surface area contributed by atoms with Crippen LogP contribution in [0.15, 0.2) is 186 Å². The lowest BCUT2D eigenvalue weighted by molar-refractivity contribution is 0.415. The van der Waals surface area contributed by atoms with Crippen LogP contribution in [0, 0.1) is 0 Å². The number of hydrogen-bond acceptors (Lipinski definition) is 4. The zero-order chi connectivity index (χ0) is 38.3. The van der Waals surface area contributed by atoms with Crippen LogP contribution < -0.4 is 4.74 Å². The minimum Gasteiger partial charge on any atom is -0.497 e. The zero-order valence-corrected chi connectivity index (χ0v) is 31.4. The highest BCUT2D eigenvalue weighted by Crippen LogP contribution is 2.40. The molecule has 274 valence electrons. The summed E-state index contributed by atoms with van der Waals surface area (Å²) in [6.07, 6.45) is 0. The Bertz CT molecular complexity index is 3310. The summed E-state index contributed by atoms with van der Waals surface area (Å²) in [5.74, 6) is 1.61. The van der Waals surface area contributed by atoms with E-state index in [9.17, 15) is 0 Å². The number of aromatic nitrogens is 5. The van der Waals surface area contributed by atoms with Crippen molar-refractivity contribution in [2.75, 3.05) is 7.11 Å². The quantitative estimate of drug-likeness (QED) is 0.170. The molecule has 0 aliphatic carbocycles. The molecule has 7 heteroatoms. The fraction of sp³-hybridized carbons (Fsp3) is 0.0196. The summed E-state index contributed by atoms with van der Waals surface area (Å²) < 4.78 is 18.8. The van der Waals surface area contributed by atoms with E-state index < -0.39 is 0 Å². The normalized spacial score (nSPS) is 11.9. The van der Waals surface area contributed by atoms with Crippen LogP contribution in [-0.2, 0) is 0 Å². The maximum absolute atomic E-state index is 6.26. The lowest BCUT2D eigenvalue weighted by atomic mass is 10.1. The molecule has 0 saturated heterocycles. The second-order valence-electron chi connectivity index (χ2n) is 14.7. The fourth-order valence-corrected chi connectivity index (χ4v) is 8.95. The van der Waals surface area contributed by atoms with E-state index >= 15 is 0 Å². The van der Waals surface area contributed by atoms with Crippen LogP contribution in [0.25, 0.3) is 105 Å². The molecule has 58 heavy (non-hydrogen) atoms. The van der Waals surface area contributed by atoms with Crippen LogP contribution in [0.4, 0.5) is 0 Å². The molecule has 12 aromatic rings. The summed E-state index contributed by atoms with van der Waals surface area (Å²) in [5.41, 5.74) is 11.7. The summed E-state index contributed by atoms with van der Waals surface area (Å²) in [7, 11) is 1.65. The number of nitrogens with zero attached hydrogens (tertiary/aromatic N) is 5. The number of para-hydroxylation sites is 4. The van der Waals surface area contributed by atoms with E-state index in [-0.39, 0.29) is 0 Å². The van der Waals surface area contributed by atoms with Gasteiger partial charge in [0.1, 0.15) is 5.75 Å². The molecule has 0 saturated carbocycles. The molecule has 0 N–H and O–H groups in total. The molecule has 0 amide bonds. The third kappa shape index (κ3) is 4.80. The molecule has 0 radical (unpaired) electrons. The van der Waals surface area contributed by atoms with E-state index in [1.807, 2.05) is 30.3 Å². The Morgan fingerprint density at radius 3 is 1.22 bits per heavy atom. The lowest BCUT2D eigenvalue weighted by Gasteiger charge is -2.11. The Hall–Kier alpha value is -7.90. The first-order valence-electron chi connectivity index (χ1n) is 19.4. The van der Waals surface area contributed by atoms with Gasteiger partial charge in [-0.25, -0.2) is 0 Å². The van der Waals surface area contributed by atoms with Crippen molar-refractivity contribution in [3.63, 3.8) is 0 Å². The number of ether oxygens (including phenoxy) is 1. The number of rotatable bonds is 6. The van der Waals surface area contributed by atoms with E-state index in [0.717, 1.165) is 55.7 Å². The standard InChI is InChI=1S/C51H33N5O2/c1-57-37-15-11-13-33(29-37)51-53-52-50(58-51)32-12-10-14-34(28-32)54-48-26-24-35(55-44-20-6-2-16-38(44)39-17-3-7-21-45(39)55)30-42(48)43-31-36(25-27-49(43)54)56-46-22-8-4-18-40(46)41-19-5-9-23-47(41)56/h2-31H,1H3. The van der Waals surface area contributed by atoms with Gasteiger partial charge in [-0.1, -0.05) is 84.9 Å². The minimum atomic E-state index is 0.436. The van der Waals surface area contributed by atoms with Crippen molar-refractivity contribution in [2.24, 2.45) is 0 Å². The van der Waals surface area contributed by atoms with Gasteiger partial charge in [0, 0.05) is 60.5 Å². The Morgan fingerprint density at radius 1 is 0.362 bits per heavy atom. The predicted molar refractivity (Wildman–Crippen MR) is 235 cm³/mol. The van der Waals surface area contributed by atoms with E-state index in [1.54, 1.807) is 7.11 Å². The van der Waals surface area contributed by atoms with Crippen molar-refractivity contribution >= 4 is 65.4 Å². The van der Waals surface area contributed by atoms with Crippen molar-refractivity contribution in [1.82, 2.24) is 23.9 Å². The number of benzene rings is 8. The molecule has 0 atom stereocenters. The van der Waals surface area contributed by atoms with Crippen LogP contribution in [0.1, 0.15) is 0 Å². The van der Waals surface area contributed by atoms with Crippen LogP contribution in [0.5, 0.6) is 5.75 Å². The maximum Gasteiger partial charge on any atom is 0.248 e. The Balaban J connectivity index is 1.09. The third-order valence-electron chi connectivity index (χ3n) is 11.5. The second-order valence-corrected chi connectivity index (χ2v) is 14.7. The summed E-state index contributed by atoms with van der Waals surface area (Å²) >= 11 is 0. The maximum atomic E-state index is 6.26. The van der Waals surface area contributed by atoms with Gasteiger partial charge in [-0.05, 0) is 97.1 Å². The molecular formula is C51H33N5O2. The van der Waals surface area contributed by atoms with Gasteiger partial charge in [0.25, 0.3) is 0 Å². The number of methoxy groups -OCH3 is 1. The summed E-state index contributed by atoms with van der Waals surface area (Å²) in [6.45, 7) is 0. The number of hydrogen-bond donors (Lipinski definition) is 0. The zero-order valence-electron chi connectivity index (χ0n) is 31.4. The van der Waals surface area contributed by atoms with Gasteiger partial charge in [-0.15, -0.1) is 10.2 Å². The highest BCUT2D eigenvalue weighted by atomic mass is 16.5. The summed E-state index contributed by atoms with van der Waals surface area (Å²) in [4.78, 5) is 0. The molecule has 0 aliphatic heterocycles. The molecule has 0 aliphatic rings. The van der Waals surface area contributed by atoms with E-state index in [0.29, 0.717) is 11.8 Å². The largest absolute Gasteiger partial charge is 0.497 e. The molecule has 4 aromatic heterocycles. The average Bonchev–Trinajstić information content (AvgIpc) is 4.07. The van der Waals surface area contributed by atoms with Gasteiger partial charge in [-0.2, -0.15) is 0 Å². The summed E-state index contributed by atoms with van der Waals surface area (Å²) in [6, 6.07) is 64.4. The first-order chi connectivity index (χ1) is 28.7. The second kappa shape index (κ2) is 12.6. The molecule has 0 unspecified atom stereocenters. The van der Waals surface area contributed by atoms with Gasteiger partial charge in [-0.3, -0.25) is 0 Å². The van der Waals surface area contributed by atoms with Crippen LogP contribution in [-0.4, -0.2) is 31.0 Å². The Kier molecular flexibility index (Phi) is 7.01. The van der Waals surface area contributed by atoms with Gasteiger partial charge in [0.05, 0.1) is 40.2 Å². The molecular weight excluding hydrogens is 715 g/mol. The Labute approximate surface area is 332 Å². The van der Waals surface area contributed by atoms with E-state index in [1.165, 1.54) is 43.6 Å². The molecule has 0 spiro atoms. The molecule has 8 aromatic carbocycles. The Morgan fingerprint density at radius 2 is 0.759 bits per heavy atom. The van der Waals surface area contributed by atoms with Gasteiger partial charge < -0.3 is 22.9 Å².